The van der Waals surface area contributed by atoms with Crippen LogP contribution in [0.4, 0.5) is 0 Å². The van der Waals surface area contributed by atoms with Gasteiger partial charge in [0, 0.05) is 16.3 Å². The predicted octanol–water partition coefficient (Wildman–Crippen LogP) is 2.80. The molecule has 1 aromatic rings. The molecule has 12 heavy (non-hydrogen) atoms. The fourth-order valence-corrected chi connectivity index (χ4v) is 1.92. The standard InChI is InChI=1S/C10H17NS/c1-8(2)6-11-7-10-5-4-9(3)12-10/h4-5,8,11H,6-7H2,1-3H3. The van der Waals surface area contributed by atoms with Crippen LogP contribution in [0.25, 0.3) is 0 Å². The average molecular weight is 183 g/mol. The Morgan fingerprint density at radius 1 is 1.42 bits per heavy atom. The van der Waals surface area contributed by atoms with Crippen molar-refractivity contribution in [3.8, 4) is 0 Å². The van der Waals surface area contributed by atoms with Crippen molar-refractivity contribution in [3.63, 3.8) is 0 Å². The summed E-state index contributed by atoms with van der Waals surface area (Å²) in [6.45, 7) is 8.74. The molecule has 1 aromatic heterocycles. The van der Waals surface area contributed by atoms with Gasteiger partial charge < -0.3 is 5.32 Å². The number of aryl methyl sites for hydroxylation is 1. The SMILES string of the molecule is Cc1ccc(CNCC(C)C)s1. The molecule has 0 saturated carbocycles. The molecule has 0 amide bonds. The monoisotopic (exact) mass is 183 g/mol. The fourth-order valence-electron chi connectivity index (χ4n) is 1.06. The molecule has 1 N–H and O–H groups in total. The van der Waals surface area contributed by atoms with E-state index < -0.39 is 0 Å². The summed E-state index contributed by atoms with van der Waals surface area (Å²) in [7, 11) is 0. The summed E-state index contributed by atoms with van der Waals surface area (Å²) in [6.07, 6.45) is 0. The van der Waals surface area contributed by atoms with E-state index in [-0.39, 0.29) is 0 Å². The van der Waals surface area contributed by atoms with Crippen LogP contribution < -0.4 is 5.32 Å². The first-order valence-corrected chi connectivity index (χ1v) is 5.26. The van der Waals surface area contributed by atoms with Crippen molar-refractivity contribution < 1.29 is 0 Å². The third kappa shape index (κ3) is 3.37. The molecule has 0 spiro atoms. The molecule has 0 radical (unpaired) electrons. The van der Waals surface area contributed by atoms with Gasteiger partial charge in [0.25, 0.3) is 0 Å². The van der Waals surface area contributed by atoms with Gasteiger partial charge in [-0.2, -0.15) is 0 Å². The smallest absolute Gasteiger partial charge is 0.0299 e. The van der Waals surface area contributed by atoms with E-state index >= 15 is 0 Å². The highest BCUT2D eigenvalue weighted by Gasteiger charge is 1.96. The molecule has 0 atom stereocenters. The van der Waals surface area contributed by atoms with Gasteiger partial charge in [0.15, 0.2) is 0 Å². The lowest BCUT2D eigenvalue weighted by atomic mass is 10.2. The third-order valence-electron chi connectivity index (χ3n) is 1.65. The van der Waals surface area contributed by atoms with Gasteiger partial charge in [-0.25, -0.2) is 0 Å². The van der Waals surface area contributed by atoms with Crippen molar-refractivity contribution in [2.75, 3.05) is 6.54 Å². The maximum absolute atomic E-state index is 3.42. The van der Waals surface area contributed by atoms with E-state index in [1.54, 1.807) is 0 Å². The second kappa shape index (κ2) is 4.63. The van der Waals surface area contributed by atoms with Crippen LogP contribution in [0.2, 0.25) is 0 Å². The molecule has 0 aliphatic rings. The zero-order valence-electron chi connectivity index (χ0n) is 8.05. The molecule has 0 unspecified atom stereocenters. The van der Waals surface area contributed by atoms with Crippen molar-refractivity contribution in [2.45, 2.75) is 27.3 Å². The Labute approximate surface area is 78.8 Å². The van der Waals surface area contributed by atoms with Crippen molar-refractivity contribution in [1.82, 2.24) is 5.32 Å². The highest BCUT2D eigenvalue weighted by Crippen LogP contribution is 2.14. The molecular weight excluding hydrogens is 166 g/mol. The summed E-state index contributed by atoms with van der Waals surface area (Å²) in [5.41, 5.74) is 0. The van der Waals surface area contributed by atoms with Crippen LogP contribution in [-0.2, 0) is 6.54 Å². The molecule has 1 rings (SSSR count). The summed E-state index contributed by atoms with van der Waals surface area (Å²) in [5, 5.41) is 3.42. The topological polar surface area (TPSA) is 12.0 Å². The first-order valence-electron chi connectivity index (χ1n) is 4.44. The van der Waals surface area contributed by atoms with Crippen molar-refractivity contribution in [3.05, 3.63) is 21.9 Å². The Balaban J connectivity index is 2.24. The fraction of sp³-hybridized carbons (Fsp3) is 0.600. The molecule has 68 valence electrons. The quantitative estimate of drug-likeness (QED) is 0.757. The minimum absolute atomic E-state index is 0.742. The van der Waals surface area contributed by atoms with Crippen LogP contribution in [-0.4, -0.2) is 6.54 Å². The highest BCUT2D eigenvalue weighted by molar-refractivity contribution is 7.11. The Morgan fingerprint density at radius 3 is 2.67 bits per heavy atom. The van der Waals surface area contributed by atoms with Crippen LogP contribution >= 0.6 is 11.3 Å². The largest absolute Gasteiger partial charge is 0.312 e. The molecule has 1 heterocycles. The van der Waals surface area contributed by atoms with E-state index in [9.17, 15) is 0 Å². The molecule has 0 bridgehead atoms. The van der Waals surface area contributed by atoms with Crippen LogP contribution in [0, 0.1) is 12.8 Å². The average Bonchev–Trinajstić information content (AvgIpc) is 2.35. The Morgan fingerprint density at radius 2 is 2.17 bits per heavy atom. The predicted molar refractivity (Wildman–Crippen MR) is 55.6 cm³/mol. The number of hydrogen-bond donors (Lipinski definition) is 1. The zero-order chi connectivity index (χ0) is 8.97. The van der Waals surface area contributed by atoms with E-state index in [4.69, 9.17) is 0 Å². The number of nitrogens with one attached hydrogen (secondary N) is 1. The van der Waals surface area contributed by atoms with E-state index in [0.29, 0.717) is 0 Å². The normalized spacial score (nSPS) is 11.0. The van der Waals surface area contributed by atoms with Crippen molar-refractivity contribution in [2.24, 2.45) is 5.92 Å². The number of thiophene rings is 1. The van der Waals surface area contributed by atoms with Gasteiger partial charge in [-0.1, -0.05) is 13.8 Å². The lowest BCUT2D eigenvalue weighted by molar-refractivity contribution is 0.555. The van der Waals surface area contributed by atoms with Gasteiger partial charge in [-0.15, -0.1) is 11.3 Å². The van der Waals surface area contributed by atoms with E-state index in [0.717, 1.165) is 19.0 Å². The van der Waals surface area contributed by atoms with Crippen molar-refractivity contribution in [1.29, 1.82) is 0 Å². The molecule has 0 saturated heterocycles. The molecule has 2 heteroatoms. The molecular formula is C10H17NS. The Kier molecular flexibility index (Phi) is 3.76. The molecule has 0 aliphatic heterocycles. The minimum atomic E-state index is 0.742. The molecule has 0 fully saturated rings. The number of rotatable bonds is 4. The highest BCUT2D eigenvalue weighted by atomic mass is 32.1. The lowest BCUT2D eigenvalue weighted by Crippen LogP contribution is -2.18. The van der Waals surface area contributed by atoms with E-state index in [2.05, 4.69) is 38.2 Å². The van der Waals surface area contributed by atoms with Crippen LogP contribution in [0.5, 0.6) is 0 Å². The summed E-state index contributed by atoms with van der Waals surface area (Å²) >= 11 is 1.88. The maximum Gasteiger partial charge on any atom is 0.0299 e. The summed E-state index contributed by atoms with van der Waals surface area (Å²) in [6, 6.07) is 4.38. The summed E-state index contributed by atoms with van der Waals surface area (Å²) in [5.74, 6) is 0.742. The van der Waals surface area contributed by atoms with E-state index in [1.807, 2.05) is 11.3 Å². The summed E-state index contributed by atoms with van der Waals surface area (Å²) in [4.78, 5) is 2.84. The summed E-state index contributed by atoms with van der Waals surface area (Å²) < 4.78 is 0. The zero-order valence-corrected chi connectivity index (χ0v) is 8.87. The van der Waals surface area contributed by atoms with Gasteiger partial charge in [0.1, 0.15) is 0 Å². The molecule has 0 aliphatic carbocycles. The van der Waals surface area contributed by atoms with Gasteiger partial charge in [0.2, 0.25) is 0 Å². The van der Waals surface area contributed by atoms with Gasteiger partial charge >= 0.3 is 0 Å². The third-order valence-corrected chi connectivity index (χ3v) is 2.65. The van der Waals surface area contributed by atoms with Gasteiger partial charge in [-0.05, 0) is 31.5 Å². The van der Waals surface area contributed by atoms with Crippen molar-refractivity contribution >= 4 is 11.3 Å². The lowest BCUT2D eigenvalue weighted by Gasteiger charge is -2.04. The number of hydrogen-bond acceptors (Lipinski definition) is 2. The van der Waals surface area contributed by atoms with Gasteiger partial charge in [0.05, 0.1) is 0 Å². The second-order valence-electron chi connectivity index (χ2n) is 3.54. The van der Waals surface area contributed by atoms with E-state index in [1.165, 1.54) is 9.75 Å². The second-order valence-corrected chi connectivity index (χ2v) is 4.91. The van der Waals surface area contributed by atoms with Crippen LogP contribution in [0.15, 0.2) is 12.1 Å². The minimum Gasteiger partial charge on any atom is -0.312 e. The maximum atomic E-state index is 3.42. The Hall–Kier alpha value is -0.340. The first kappa shape index (κ1) is 9.75. The Bertz CT molecular complexity index is 227. The van der Waals surface area contributed by atoms with Gasteiger partial charge in [-0.3, -0.25) is 0 Å². The van der Waals surface area contributed by atoms with Crippen LogP contribution in [0.3, 0.4) is 0 Å². The molecule has 0 aromatic carbocycles. The molecule has 1 nitrogen and oxygen atoms in total. The van der Waals surface area contributed by atoms with Crippen LogP contribution in [0.1, 0.15) is 23.6 Å². The first-order chi connectivity index (χ1) is 5.68.